The highest BCUT2D eigenvalue weighted by Crippen LogP contribution is 2.33. The van der Waals surface area contributed by atoms with Crippen LogP contribution in [0.3, 0.4) is 0 Å². The number of carbonyl (C=O) groups is 3. The minimum atomic E-state index is -5.08. The van der Waals surface area contributed by atoms with E-state index in [0.717, 1.165) is 25.8 Å². The highest BCUT2D eigenvalue weighted by Gasteiger charge is 2.38. The molecular formula is C21H24F3N3O4. The number of carboxylic acids is 1. The zero-order chi connectivity index (χ0) is 22.6. The van der Waals surface area contributed by atoms with Gasteiger partial charge in [-0.15, -0.1) is 0 Å². The molecule has 10 heteroatoms. The summed E-state index contributed by atoms with van der Waals surface area (Å²) in [5.41, 5.74) is 2.45. The van der Waals surface area contributed by atoms with Gasteiger partial charge in [-0.05, 0) is 42.9 Å². The standard InChI is InChI=1S/C19H23N3O2.C2HF3O2/c23-18(22-11-14-3-1-2-4-15(14)12-22)8-7-16(13-5-6-13)21-19(24)17-9-10-20-17;3-2(4,5)1(6)7/h1-4,7-8,13,16-17,20H,5-6,9-12H2,(H,21,24);(H,6,7)/t16-,17+;/m1./s1. The van der Waals surface area contributed by atoms with Crippen LogP contribution in [0.15, 0.2) is 36.4 Å². The van der Waals surface area contributed by atoms with E-state index in [0.29, 0.717) is 19.0 Å². The van der Waals surface area contributed by atoms with Gasteiger partial charge in [-0.2, -0.15) is 13.2 Å². The summed E-state index contributed by atoms with van der Waals surface area (Å²) in [6.45, 7) is 2.26. The summed E-state index contributed by atoms with van der Waals surface area (Å²) >= 11 is 0. The molecule has 1 saturated carbocycles. The van der Waals surface area contributed by atoms with E-state index in [1.165, 1.54) is 11.1 Å². The highest BCUT2D eigenvalue weighted by atomic mass is 19.4. The maximum Gasteiger partial charge on any atom is 0.490 e. The van der Waals surface area contributed by atoms with Crippen LogP contribution in [-0.2, 0) is 27.5 Å². The van der Waals surface area contributed by atoms with Gasteiger partial charge in [-0.3, -0.25) is 9.59 Å². The monoisotopic (exact) mass is 439 g/mol. The molecule has 1 aromatic rings. The van der Waals surface area contributed by atoms with E-state index in [2.05, 4.69) is 22.8 Å². The number of alkyl halides is 3. The van der Waals surface area contributed by atoms with Crippen molar-refractivity contribution in [2.45, 2.75) is 50.6 Å². The number of carbonyl (C=O) groups excluding carboxylic acids is 2. The predicted molar refractivity (Wildman–Crippen MR) is 105 cm³/mol. The van der Waals surface area contributed by atoms with Crippen molar-refractivity contribution in [1.29, 1.82) is 0 Å². The first-order valence-corrected chi connectivity index (χ1v) is 10.0. The third kappa shape index (κ3) is 6.30. The van der Waals surface area contributed by atoms with E-state index in [1.54, 1.807) is 6.08 Å². The molecule has 2 atom stereocenters. The fraction of sp³-hybridized carbons (Fsp3) is 0.476. The molecule has 0 aromatic heterocycles. The molecule has 31 heavy (non-hydrogen) atoms. The van der Waals surface area contributed by atoms with Crippen LogP contribution in [0.1, 0.15) is 30.4 Å². The summed E-state index contributed by atoms with van der Waals surface area (Å²) in [6, 6.07) is 8.10. The number of nitrogens with zero attached hydrogens (tertiary/aromatic N) is 1. The Kier molecular flexibility index (Phi) is 6.99. The number of amides is 2. The third-order valence-electron chi connectivity index (χ3n) is 5.42. The molecule has 2 aliphatic heterocycles. The van der Waals surface area contributed by atoms with E-state index < -0.39 is 12.1 Å². The molecule has 0 unspecified atom stereocenters. The first-order chi connectivity index (χ1) is 14.6. The van der Waals surface area contributed by atoms with Gasteiger partial charge >= 0.3 is 12.1 Å². The lowest BCUT2D eigenvalue weighted by Gasteiger charge is -2.28. The Bertz CT molecular complexity index is 839. The second-order valence-corrected chi connectivity index (χ2v) is 7.79. The zero-order valence-electron chi connectivity index (χ0n) is 16.7. The van der Waals surface area contributed by atoms with E-state index in [9.17, 15) is 22.8 Å². The molecule has 0 radical (unpaired) electrons. The van der Waals surface area contributed by atoms with Crippen molar-refractivity contribution in [3.8, 4) is 0 Å². The quantitative estimate of drug-likeness (QED) is 0.610. The molecular weight excluding hydrogens is 415 g/mol. The number of benzene rings is 1. The number of hydrogen-bond acceptors (Lipinski definition) is 4. The lowest BCUT2D eigenvalue weighted by atomic mass is 10.1. The SMILES string of the molecule is O=C(N[C@H](C=CC(=O)N1Cc2ccccc2C1)C1CC1)[C@@H]1CCN1.O=C(O)C(F)(F)F. The number of rotatable bonds is 5. The van der Waals surface area contributed by atoms with Crippen LogP contribution in [0.4, 0.5) is 13.2 Å². The topological polar surface area (TPSA) is 98.7 Å². The number of hydrogen-bond donors (Lipinski definition) is 3. The van der Waals surface area contributed by atoms with Crippen molar-refractivity contribution in [3.63, 3.8) is 0 Å². The minimum absolute atomic E-state index is 0.0196. The van der Waals surface area contributed by atoms with Crippen LogP contribution in [0, 0.1) is 5.92 Å². The van der Waals surface area contributed by atoms with E-state index in [4.69, 9.17) is 9.90 Å². The molecule has 1 saturated heterocycles. The molecule has 1 aromatic carbocycles. The summed E-state index contributed by atoms with van der Waals surface area (Å²) in [5.74, 6) is -2.20. The van der Waals surface area contributed by atoms with Crippen LogP contribution in [0.5, 0.6) is 0 Å². The largest absolute Gasteiger partial charge is 0.490 e. The Labute approximate surface area is 177 Å². The number of nitrogens with one attached hydrogen (secondary N) is 2. The maximum atomic E-state index is 12.5. The predicted octanol–water partition coefficient (Wildman–Crippen LogP) is 1.97. The Morgan fingerprint density at radius 1 is 1.13 bits per heavy atom. The van der Waals surface area contributed by atoms with Crippen molar-refractivity contribution in [2.75, 3.05) is 6.54 Å². The average molecular weight is 439 g/mol. The molecule has 1 aliphatic carbocycles. The Hall–Kier alpha value is -2.88. The lowest BCUT2D eigenvalue weighted by molar-refractivity contribution is -0.192. The summed E-state index contributed by atoms with van der Waals surface area (Å²) < 4.78 is 31.7. The smallest absolute Gasteiger partial charge is 0.475 e. The average Bonchev–Trinajstić information content (AvgIpc) is 3.41. The number of fused-ring (bicyclic) bond motifs is 1. The lowest BCUT2D eigenvalue weighted by Crippen LogP contribution is -2.55. The van der Waals surface area contributed by atoms with E-state index in [1.807, 2.05) is 23.1 Å². The van der Waals surface area contributed by atoms with Gasteiger partial charge in [0.25, 0.3) is 0 Å². The molecule has 4 rings (SSSR count). The van der Waals surface area contributed by atoms with Crippen molar-refractivity contribution >= 4 is 17.8 Å². The number of halogens is 3. The Morgan fingerprint density at radius 3 is 2.10 bits per heavy atom. The second-order valence-electron chi connectivity index (χ2n) is 7.79. The highest BCUT2D eigenvalue weighted by molar-refractivity contribution is 5.88. The fourth-order valence-electron chi connectivity index (χ4n) is 3.34. The Morgan fingerprint density at radius 2 is 1.68 bits per heavy atom. The third-order valence-corrected chi connectivity index (χ3v) is 5.42. The number of aliphatic carboxylic acids is 1. The van der Waals surface area contributed by atoms with Crippen molar-refractivity contribution in [2.24, 2.45) is 5.92 Å². The molecule has 2 amide bonds. The summed E-state index contributed by atoms with van der Waals surface area (Å²) in [4.78, 5) is 35.3. The van der Waals surface area contributed by atoms with Gasteiger partial charge in [0.2, 0.25) is 11.8 Å². The molecule has 0 spiro atoms. The van der Waals surface area contributed by atoms with Gasteiger partial charge in [0.1, 0.15) is 0 Å². The van der Waals surface area contributed by atoms with Crippen molar-refractivity contribution < 1.29 is 32.7 Å². The second kappa shape index (κ2) is 9.51. The van der Waals surface area contributed by atoms with E-state index >= 15 is 0 Å². The first-order valence-electron chi connectivity index (χ1n) is 10.0. The van der Waals surface area contributed by atoms with Crippen LogP contribution in [0.2, 0.25) is 0 Å². The van der Waals surface area contributed by atoms with Gasteiger partial charge in [0.15, 0.2) is 0 Å². The van der Waals surface area contributed by atoms with Crippen LogP contribution >= 0.6 is 0 Å². The van der Waals surface area contributed by atoms with E-state index in [-0.39, 0.29) is 23.9 Å². The molecule has 2 fully saturated rings. The van der Waals surface area contributed by atoms with Crippen molar-refractivity contribution in [1.82, 2.24) is 15.5 Å². The summed E-state index contributed by atoms with van der Waals surface area (Å²) in [6.07, 6.45) is 1.59. The zero-order valence-corrected chi connectivity index (χ0v) is 16.7. The molecule has 3 N–H and O–H groups in total. The molecule has 0 bridgehead atoms. The van der Waals surface area contributed by atoms with Gasteiger partial charge in [0, 0.05) is 19.2 Å². The van der Waals surface area contributed by atoms with Gasteiger partial charge in [-0.1, -0.05) is 30.3 Å². The normalized spacial score (nSPS) is 20.9. The first kappa shape index (κ1) is 22.8. The van der Waals surface area contributed by atoms with Gasteiger partial charge in [0.05, 0.1) is 12.1 Å². The maximum absolute atomic E-state index is 12.5. The van der Waals surface area contributed by atoms with Crippen molar-refractivity contribution in [3.05, 3.63) is 47.5 Å². The van der Waals surface area contributed by atoms with Crippen LogP contribution in [0.25, 0.3) is 0 Å². The van der Waals surface area contributed by atoms with Crippen LogP contribution in [-0.4, -0.2) is 52.6 Å². The van der Waals surface area contributed by atoms with Gasteiger partial charge < -0.3 is 20.6 Å². The summed E-state index contributed by atoms with van der Waals surface area (Å²) in [7, 11) is 0. The summed E-state index contributed by atoms with van der Waals surface area (Å²) in [5, 5.41) is 13.3. The number of carboxylic acid groups (broad SMARTS) is 1. The minimum Gasteiger partial charge on any atom is -0.475 e. The Balaban J connectivity index is 0.000000339. The molecule has 2 heterocycles. The fourth-order valence-corrected chi connectivity index (χ4v) is 3.34. The van der Waals surface area contributed by atoms with Crippen LogP contribution < -0.4 is 10.6 Å². The molecule has 7 nitrogen and oxygen atoms in total. The van der Waals surface area contributed by atoms with Gasteiger partial charge in [-0.25, -0.2) is 4.79 Å². The molecule has 3 aliphatic rings. The molecule has 168 valence electrons.